The van der Waals surface area contributed by atoms with Gasteiger partial charge in [-0.3, -0.25) is 4.79 Å². The first-order chi connectivity index (χ1) is 12.2. The molecule has 5 nitrogen and oxygen atoms in total. The smallest absolute Gasteiger partial charge is 0.407 e. The Balaban J connectivity index is 2.40. The van der Waals surface area contributed by atoms with Crippen LogP contribution < -0.4 is 5.32 Å². The molecule has 0 saturated carbocycles. The fraction of sp³-hybridized carbons (Fsp3) is 0.600. The van der Waals surface area contributed by atoms with E-state index >= 15 is 0 Å². The lowest BCUT2D eigenvalue weighted by Crippen LogP contribution is -2.37. The van der Waals surface area contributed by atoms with E-state index in [9.17, 15) is 9.59 Å². The fourth-order valence-corrected chi connectivity index (χ4v) is 2.57. The molecule has 1 N–H and O–H groups in total. The molecule has 0 spiro atoms. The Morgan fingerprint density at radius 1 is 1.00 bits per heavy atom. The van der Waals surface area contributed by atoms with Gasteiger partial charge in [-0.1, -0.05) is 69.4 Å². The molecule has 0 heterocycles. The van der Waals surface area contributed by atoms with E-state index in [4.69, 9.17) is 9.47 Å². The number of amides is 1. The zero-order valence-corrected chi connectivity index (χ0v) is 15.5. The minimum absolute atomic E-state index is 0.183. The molecule has 0 radical (unpaired) electrons. The molecule has 1 aromatic rings. The maximum Gasteiger partial charge on any atom is 0.407 e. The number of esters is 1. The van der Waals surface area contributed by atoms with Crippen LogP contribution in [0.4, 0.5) is 4.79 Å². The second-order valence-electron chi connectivity index (χ2n) is 6.12. The summed E-state index contributed by atoms with van der Waals surface area (Å²) in [6.45, 7) is 4.52. The van der Waals surface area contributed by atoms with E-state index in [0.29, 0.717) is 6.61 Å². The average molecular weight is 349 g/mol. The van der Waals surface area contributed by atoms with Gasteiger partial charge in [-0.25, -0.2) is 4.79 Å². The van der Waals surface area contributed by atoms with Gasteiger partial charge in [0.25, 0.3) is 0 Å². The molecular weight excluding hydrogens is 318 g/mol. The Kier molecular flexibility index (Phi) is 11.2. The molecule has 25 heavy (non-hydrogen) atoms. The van der Waals surface area contributed by atoms with Crippen LogP contribution in [0, 0.1) is 0 Å². The van der Waals surface area contributed by atoms with Crippen molar-refractivity contribution in [3.63, 3.8) is 0 Å². The van der Waals surface area contributed by atoms with Gasteiger partial charge < -0.3 is 14.8 Å². The monoisotopic (exact) mass is 349 g/mol. The first kappa shape index (κ1) is 21.0. The van der Waals surface area contributed by atoms with Crippen molar-refractivity contribution in [1.82, 2.24) is 5.32 Å². The third-order valence-corrected chi connectivity index (χ3v) is 3.91. The Bertz CT molecular complexity index is 490. The van der Waals surface area contributed by atoms with Crippen molar-refractivity contribution in [2.75, 3.05) is 6.61 Å². The van der Waals surface area contributed by atoms with Crippen LogP contribution in [0.2, 0.25) is 0 Å². The fourth-order valence-electron chi connectivity index (χ4n) is 2.57. The van der Waals surface area contributed by atoms with Crippen molar-refractivity contribution in [3.05, 3.63) is 35.9 Å². The number of carbonyl (C=O) groups excluding carboxylic acids is 2. The number of hydrogen-bond acceptors (Lipinski definition) is 4. The summed E-state index contributed by atoms with van der Waals surface area (Å²) in [7, 11) is 0. The standard InChI is InChI=1S/C20H31NO4/c1-3-5-6-7-11-14-18(15-19(22)24-4-2)21-20(23)25-16-17-12-9-8-10-13-17/h8-10,12-13,18H,3-7,11,14-16H2,1-2H3,(H,21,23). The first-order valence-electron chi connectivity index (χ1n) is 9.28. The molecule has 1 aromatic carbocycles. The van der Waals surface area contributed by atoms with Gasteiger partial charge in [-0.2, -0.15) is 0 Å². The number of ether oxygens (including phenoxy) is 2. The largest absolute Gasteiger partial charge is 0.466 e. The number of benzene rings is 1. The number of unbranched alkanes of at least 4 members (excludes halogenated alkanes) is 4. The zero-order chi connectivity index (χ0) is 18.3. The molecule has 0 aromatic heterocycles. The van der Waals surface area contributed by atoms with Crippen LogP contribution in [-0.4, -0.2) is 24.7 Å². The highest BCUT2D eigenvalue weighted by Gasteiger charge is 2.17. The van der Waals surface area contributed by atoms with E-state index in [-0.39, 0.29) is 25.0 Å². The molecule has 0 aliphatic carbocycles. The van der Waals surface area contributed by atoms with Crippen molar-refractivity contribution in [3.8, 4) is 0 Å². The van der Waals surface area contributed by atoms with Gasteiger partial charge in [0.2, 0.25) is 0 Å². The number of carbonyl (C=O) groups is 2. The van der Waals surface area contributed by atoms with Crippen molar-refractivity contribution in [2.24, 2.45) is 0 Å². The predicted molar refractivity (Wildman–Crippen MR) is 98.2 cm³/mol. The third-order valence-electron chi connectivity index (χ3n) is 3.91. The van der Waals surface area contributed by atoms with E-state index in [1.165, 1.54) is 19.3 Å². The highest BCUT2D eigenvalue weighted by atomic mass is 16.5. The molecule has 0 fully saturated rings. The van der Waals surface area contributed by atoms with E-state index < -0.39 is 6.09 Å². The Morgan fingerprint density at radius 3 is 2.40 bits per heavy atom. The summed E-state index contributed by atoms with van der Waals surface area (Å²) in [5.74, 6) is -0.288. The zero-order valence-electron chi connectivity index (χ0n) is 15.5. The molecule has 1 unspecified atom stereocenters. The molecule has 5 heteroatoms. The third kappa shape index (κ3) is 10.4. The molecule has 0 aliphatic rings. The molecule has 1 amide bonds. The molecular formula is C20H31NO4. The van der Waals surface area contributed by atoms with Crippen LogP contribution in [0.15, 0.2) is 30.3 Å². The lowest BCUT2D eigenvalue weighted by molar-refractivity contribution is -0.143. The van der Waals surface area contributed by atoms with E-state index in [1.807, 2.05) is 30.3 Å². The van der Waals surface area contributed by atoms with E-state index in [2.05, 4.69) is 12.2 Å². The molecule has 0 bridgehead atoms. The van der Waals surface area contributed by atoms with Crippen LogP contribution in [0.3, 0.4) is 0 Å². The summed E-state index contributed by atoms with van der Waals surface area (Å²) in [5.41, 5.74) is 0.930. The summed E-state index contributed by atoms with van der Waals surface area (Å²) in [4.78, 5) is 23.8. The number of hydrogen-bond donors (Lipinski definition) is 1. The average Bonchev–Trinajstić information content (AvgIpc) is 2.60. The van der Waals surface area contributed by atoms with E-state index in [1.54, 1.807) is 6.92 Å². The van der Waals surface area contributed by atoms with Crippen molar-refractivity contribution in [2.45, 2.75) is 71.4 Å². The van der Waals surface area contributed by atoms with Crippen molar-refractivity contribution < 1.29 is 19.1 Å². The molecule has 0 aliphatic heterocycles. The lowest BCUT2D eigenvalue weighted by Gasteiger charge is -2.18. The van der Waals surface area contributed by atoms with Crippen molar-refractivity contribution in [1.29, 1.82) is 0 Å². The predicted octanol–water partition coefficient (Wildman–Crippen LogP) is 4.60. The Hall–Kier alpha value is -2.04. The van der Waals surface area contributed by atoms with Crippen LogP contribution in [0.5, 0.6) is 0 Å². The summed E-state index contributed by atoms with van der Waals surface area (Å²) < 4.78 is 10.2. The normalized spacial score (nSPS) is 11.6. The maximum atomic E-state index is 12.0. The first-order valence-corrected chi connectivity index (χ1v) is 9.28. The number of alkyl carbamates (subject to hydrolysis) is 1. The molecule has 0 saturated heterocycles. The second kappa shape index (κ2) is 13.3. The van der Waals surface area contributed by atoms with Crippen LogP contribution >= 0.6 is 0 Å². The SMILES string of the molecule is CCCCCCCC(CC(=O)OCC)NC(=O)OCc1ccccc1. The van der Waals surface area contributed by atoms with Gasteiger partial charge in [-0.05, 0) is 18.9 Å². The minimum atomic E-state index is -0.494. The summed E-state index contributed by atoms with van der Waals surface area (Å²) in [5, 5.41) is 2.81. The molecule has 1 atom stereocenters. The van der Waals surface area contributed by atoms with Crippen LogP contribution in [0.1, 0.15) is 64.4 Å². The topological polar surface area (TPSA) is 64.6 Å². The Labute approximate surface area is 151 Å². The summed E-state index contributed by atoms with van der Waals surface area (Å²) >= 11 is 0. The summed E-state index contributed by atoms with van der Waals surface area (Å²) in [6.07, 6.45) is 6.11. The van der Waals surface area contributed by atoms with Crippen molar-refractivity contribution >= 4 is 12.1 Å². The lowest BCUT2D eigenvalue weighted by atomic mass is 10.0. The maximum absolute atomic E-state index is 12.0. The van der Waals surface area contributed by atoms with Gasteiger partial charge in [0, 0.05) is 6.04 Å². The second-order valence-corrected chi connectivity index (χ2v) is 6.12. The van der Waals surface area contributed by atoms with Gasteiger partial charge in [0.1, 0.15) is 6.61 Å². The van der Waals surface area contributed by atoms with Gasteiger partial charge >= 0.3 is 12.1 Å². The summed E-state index contributed by atoms with van der Waals surface area (Å²) in [6, 6.07) is 9.27. The number of nitrogens with one attached hydrogen (secondary N) is 1. The van der Waals surface area contributed by atoms with Gasteiger partial charge in [0.05, 0.1) is 13.0 Å². The van der Waals surface area contributed by atoms with Gasteiger partial charge in [-0.15, -0.1) is 0 Å². The Morgan fingerprint density at radius 2 is 1.72 bits per heavy atom. The van der Waals surface area contributed by atoms with Crippen LogP contribution in [-0.2, 0) is 20.9 Å². The highest BCUT2D eigenvalue weighted by Crippen LogP contribution is 2.11. The quantitative estimate of drug-likeness (QED) is 0.442. The molecule has 1 rings (SSSR count). The van der Waals surface area contributed by atoms with Crippen LogP contribution in [0.25, 0.3) is 0 Å². The minimum Gasteiger partial charge on any atom is -0.466 e. The van der Waals surface area contributed by atoms with Gasteiger partial charge in [0.15, 0.2) is 0 Å². The molecule has 140 valence electrons. The van der Waals surface area contributed by atoms with E-state index in [0.717, 1.165) is 24.8 Å². The highest BCUT2D eigenvalue weighted by molar-refractivity contribution is 5.72. The number of rotatable bonds is 12.